The number of aromatic nitrogens is 3. The smallest absolute Gasteiger partial charge is 0.273 e. The van der Waals surface area contributed by atoms with Gasteiger partial charge in [-0.15, -0.1) is 5.10 Å². The summed E-state index contributed by atoms with van der Waals surface area (Å²) >= 11 is 0. The third kappa shape index (κ3) is 5.25. The Morgan fingerprint density at radius 1 is 1.25 bits per heavy atom. The number of allylic oxidation sites excluding steroid dienone is 7. The molecule has 0 saturated carbocycles. The van der Waals surface area contributed by atoms with Gasteiger partial charge in [-0.25, -0.2) is 0 Å². The Morgan fingerprint density at radius 2 is 2.04 bits per heavy atom. The Bertz CT molecular complexity index is 785. The van der Waals surface area contributed by atoms with E-state index in [0.717, 1.165) is 44.7 Å². The number of rotatable bonds is 7. The quantitative estimate of drug-likeness (QED) is 0.679. The summed E-state index contributed by atoms with van der Waals surface area (Å²) < 4.78 is 1.30. The van der Waals surface area contributed by atoms with Gasteiger partial charge in [0.05, 0.1) is 6.61 Å². The zero-order chi connectivity index (χ0) is 19.8. The van der Waals surface area contributed by atoms with Crippen LogP contribution < -0.4 is 5.32 Å². The Kier molecular flexibility index (Phi) is 7.30. The first-order valence-electron chi connectivity index (χ1n) is 9.66. The Balaban J connectivity index is 1.59. The van der Waals surface area contributed by atoms with Crippen LogP contribution in [0.1, 0.15) is 17.0 Å². The van der Waals surface area contributed by atoms with E-state index in [9.17, 15) is 4.79 Å². The minimum atomic E-state index is -0.224. The number of hydrogen-bond acceptors (Lipinski definition) is 7. The average Bonchev–Trinajstić information content (AvgIpc) is 2.96. The number of nitrogens with one attached hydrogen (secondary N) is 1. The fraction of sp³-hybridized carbons (Fsp3) is 0.450. The summed E-state index contributed by atoms with van der Waals surface area (Å²) in [5.41, 5.74) is 0.901. The van der Waals surface area contributed by atoms with E-state index in [1.54, 1.807) is 13.1 Å². The maximum Gasteiger partial charge on any atom is 0.273 e. The average molecular weight is 384 g/mol. The molecule has 8 heteroatoms. The minimum Gasteiger partial charge on any atom is -0.395 e. The standard InChI is InChI=1S/C20H28N6O2/c1-21-20-22-19(17-7-4-2-3-5-8-17)23-26(20)18(28)9-6-10-24-11-13-25(14-12-24)15-16-27/h2-4,6-9,27H,5,10-16H2,1H3,(H,21,22,23)/b9-6+. The molecule has 1 saturated heterocycles. The van der Waals surface area contributed by atoms with Gasteiger partial charge in [-0.05, 0) is 6.42 Å². The SMILES string of the molecule is CNc1nc(C2=CCC=CC=C2)nn1C(=O)/C=C/CN1CCN(CCO)CC1. The van der Waals surface area contributed by atoms with Crippen LogP contribution in [0.15, 0.2) is 42.5 Å². The maximum atomic E-state index is 12.6. The molecule has 1 aromatic rings. The number of anilines is 1. The van der Waals surface area contributed by atoms with E-state index in [4.69, 9.17) is 5.11 Å². The molecule has 8 nitrogen and oxygen atoms in total. The highest BCUT2D eigenvalue weighted by Crippen LogP contribution is 2.17. The monoisotopic (exact) mass is 384 g/mol. The summed E-state index contributed by atoms with van der Waals surface area (Å²) in [6, 6.07) is 0. The lowest BCUT2D eigenvalue weighted by atomic mass is 10.2. The molecule has 1 aromatic heterocycles. The molecule has 1 fully saturated rings. The molecule has 2 aliphatic rings. The molecule has 0 amide bonds. The Morgan fingerprint density at radius 3 is 2.79 bits per heavy atom. The van der Waals surface area contributed by atoms with E-state index in [1.807, 2.05) is 30.4 Å². The van der Waals surface area contributed by atoms with Gasteiger partial charge in [-0.2, -0.15) is 9.67 Å². The first-order valence-corrected chi connectivity index (χ1v) is 9.66. The second-order valence-corrected chi connectivity index (χ2v) is 6.71. The van der Waals surface area contributed by atoms with Crippen LogP contribution in [0.2, 0.25) is 0 Å². The molecule has 0 aromatic carbocycles. The lowest BCUT2D eigenvalue weighted by Crippen LogP contribution is -2.47. The van der Waals surface area contributed by atoms with Gasteiger partial charge < -0.3 is 10.4 Å². The lowest BCUT2D eigenvalue weighted by Gasteiger charge is -2.33. The predicted octanol–water partition coefficient (Wildman–Crippen LogP) is 1.03. The van der Waals surface area contributed by atoms with Crippen LogP contribution in [0.25, 0.3) is 5.57 Å². The number of aliphatic hydroxyl groups excluding tert-OH is 1. The predicted molar refractivity (Wildman–Crippen MR) is 110 cm³/mol. The molecule has 0 unspecified atom stereocenters. The van der Waals surface area contributed by atoms with Crippen molar-refractivity contribution in [2.75, 3.05) is 58.2 Å². The van der Waals surface area contributed by atoms with E-state index in [-0.39, 0.29) is 12.5 Å². The van der Waals surface area contributed by atoms with Gasteiger partial charge >= 0.3 is 0 Å². The molecule has 0 bridgehead atoms. The molecule has 1 aliphatic carbocycles. The van der Waals surface area contributed by atoms with Crippen molar-refractivity contribution in [2.24, 2.45) is 0 Å². The summed E-state index contributed by atoms with van der Waals surface area (Å²) in [4.78, 5) is 21.6. The van der Waals surface area contributed by atoms with Gasteiger partial charge in [0, 0.05) is 58.0 Å². The van der Waals surface area contributed by atoms with Crippen molar-refractivity contribution in [2.45, 2.75) is 6.42 Å². The fourth-order valence-electron chi connectivity index (χ4n) is 3.21. The second kappa shape index (κ2) is 10.1. The van der Waals surface area contributed by atoms with E-state index in [2.05, 4.69) is 31.3 Å². The third-order valence-electron chi connectivity index (χ3n) is 4.80. The molecular formula is C20H28N6O2. The van der Waals surface area contributed by atoms with Gasteiger partial charge in [0.25, 0.3) is 5.91 Å². The van der Waals surface area contributed by atoms with Crippen LogP contribution in [-0.2, 0) is 0 Å². The molecule has 1 aliphatic heterocycles. The molecule has 3 rings (SSSR count). The number of β-amino-alcohol motifs (C(OH)–C–C–N with tert-alkyl or cyclic N) is 1. The summed E-state index contributed by atoms with van der Waals surface area (Å²) in [7, 11) is 1.73. The Hall–Kier alpha value is -2.55. The second-order valence-electron chi connectivity index (χ2n) is 6.71. The number of piperazine rings is 1. The molecule has 2 heterocycles. The van der Waals surface area contributed by atoms with E-state index < -0.39 is 0 Å². The largest absolute Gasteiger partial charge is 0.395 e. The van der Waals surface area contributed by atoms with Crippen molar-refractivity contribution < 1.29 is 9.90 Å². The molecule has 2 N–H and O–H groups in total. The van der Waals surface area contributed by atoms with Crippen molar-refractivity contribution in [3.63, 3.8) is 0 Å². The van der Waals surface area contributed by atoms with E-state index >= 15 is 0 Å². The first kappa shape index (κ1) is 20.2. The molecule has 28 heavy (non-hydrogen) atoms. The molecule has 0 spiro atoms. The van der Waals surface area contributed by atoms with Crippen LogP contribution in [0, 0.1) is 0 Å². The zero-order valence-corrected chi connectivity index (χ0v) is 16.3. The van der Waals surface area contributed by atoms with E-state index in [1.165, 1.54) is 4.68 Å². The van der Waals surface area contributed by atoms with Crippen molar-refractivity contribution >= 4 is 17.4 Å². The summed E-state index contributed by atoms with van der Waals surface area (Å²) in [5.74, 6) is 0.734. The van der Waals surface area contributed by atoms with Gasteiger partial charge in [0.2, 0.25) is 5.95 Å². The van der Waals surface area contributed by atoms with Crippen LogP contribution >= 0.6 is 0 Å². The van der Waals surface area contributed by atoms with Crippen molar-refractivity contribution in [3.05, 3.63) is 48.4 Å². The highest BCUT2D eigenvalue weighted by atomic mass is 16.3. The van der Waals surface area contributed by atoms with E-state index in [0.29, 0.717) is 18.3 Å². The third-order valence-corrected chi connectivity index (χ3v) is 4.80. The number of carbonyl (C=O) groups is 1. The van der Waals surface area contributed by atoms with Crippen LogP contribution in [0.3, 0.4) is 0 Å². The maximum absolute atomic E-state index is 12.6. The summed E-state index contributed by atoms with van der Waals surface area (Å²) in [6.07, 6.45) is 14.2. The van der Waals surface area contributed by atoms with Crippen molar-refractivity contribution in [1.29, 1.82) is 0 Å². The Labute approximate surface area is 165 Å². The normalized spacial score (nSPS) is 18.4. The molecular weight excluding hydrogens is 356 g/mol. The minimum absolute atomic E-state index is 0.200. The van der Waals surface area contributed by atoms with Gasteiger partial charge in [0.1, 0.15) is 0 Å². The highest BCUT2D eigenvalue weighted by Gasteiger charge is 2.17. The van der Waals surface area contributed by atoms with Crippen molar-refractivity contribution in [3.8, 4) is 0 Å². The van der Waals surface area contributed by atoms with Crippen LogP contribution in [0.5, 0.6) is 0 Å². The highest BCUT2D eigenvalue weighted by molar-refractivity contribution is 5.91. The number of hydrogen-bond donors (Lipinski definition) is 2. The summed E-state index contributed by atoms with van der Waals surface area (Å²) in [5, 5.41) is 16.3. The molecule has 150 valence electrons. The van der Waals surface area contributed by atoms with Crippen molar-refractivity contribution in [1.82, 2.24) is 24.6 Å². The number of carbonyl (C=O) groups excluding carboxylic acids is 1. The first-order chi connectivity index (χ1) is 13.7. The molecule has 0 atom stereocenters. The number of aliphatic hydroxyl groups is 1. The van der Waals surface area contributed by atoms with Gasteiger partial charge in [0.15, 0.2) is 5.82 Å². The lowest BCUT2D eigenvalue weighted by molar-refractivity contribution is 0.0954. The van der Waals surface area contributed by atoms with Gasteiger partial charge in [-0.3, -0.25) is 14.6 Å². The van der Waals surface area contributed by atoms with Gasteiger partial charge in [-0.1, -0.05) is 36.5 Å². The fourth-order valence-corrected chi connectivity index (χ4v) is 3.21. The topological polar surface area (TPSA) is 86.5 Å². The van der Waals surface area contributed by atoms with Crippen LogP contribution in [0.4, 0.5) is 5.95 Å². The zero-order valence-electron chi connectivity index (χ0n) is 16.3. The van der Waals surface area contributed by atoms with Crippen LogP contribution in [-0.4, -0.2) is 88.5 Å². The molecule has 0 radical (unpaired) electrons. The number of nitrogens with zero attached hydrogens (tertiary/aromatic N) is 5. The summed E-state index contributed by atoms with van der Waals surface area (Å²) in [6.45, 7) is 5.39.